The molecular formula is C11H10ClNO2S. The van der Waals surface area contributed by atoms with Gasteiger partial charge in [0.25, 0.3) is 5.91 Å². The minimum absolute atomic E-state index is 0.0751. The summed E-state index contributed by atoms with van der Waals surface area (Å²) in [5.41, 5.74) is 0. The van der Waals surface area contributed by atoms with Gasteiger partial charge in [-0.3, -0.25) is 4.79 Å². The van der Waals surface area contributed by atoms with Crippen LogP contribution in [0.2, 0.25) is 5.02 Å². The van der Waals surface area contributed by atoms with Crippen LogP contribution < -0.4 is 5.32 Å². The van der Waals surface area contributed by atoms with E-state index in [1.54, 1.807) is 0 Å². The predicted molar refractivity (Wildman–Crippen MR) is 66.3 cm³/mol. The fourth-order valence-electron chi connectivity index (χ4n) is 1.41. The van der Waals surface area contributed by atoms with Gasteiger partial charge in [0.2, 0.25) is 0 Å². The highest BCUT2D eigenvalue weighted by atomic mass is 35.5. The third-order valence-corrected chi connectivity index (χ3v) is 3.81. The van der Waals surface area contributed by atoms with Crippen molar-refractivity contribution in [3.8, 4) is 0 Å². The summed E-state index contributed by atoms with van der Waals surface area (Å²) in [5.74, 6) is -0.236. The normalized spacial score (nSPS) is 10.6. The Morgan fingerprint density at radius 1 is 1.44 bits per heavy atom. The highest BCUT2D eigenvalue weighted by Crippen LogP contribution is 2.34. The molecule has 0 bridgehead atoms. The number of benzene rings is 1. The summed E-state index contributed by atoms with van der Waals surface area (Å²) in [4.78, 5) is 12.2. The van der Waals surface area contributed by atoms with Gasteiger partial charge in [-0.25, -0.2) is 0 Å². The molecule has 16 heavy (non-hydrogen) atoms. The Balaban J connectivity index is 2.37. The van der Waals surface area contributed by atoms with Gasteiger partial charge in [-0.15, -0.1) is 11.3 Å². The Kier molecular flexibility index (Phi) is 3.43. The van der Waals surface area contributed by atoms with E-state index in [2.05, 4.69) is 5.32 Å². The largest absolute Gasteiger partial charge is 0.395 e. The van der Waals surface area contributed by atoms with Gasteiger partial charge in [0.1, 0.15) is 4.88 Å². The first kappa shape index (κ1) is 11.4. The maximum absolute atomic E-state index is 11.7. The van der Waals surface area contributed by atoms with Gasteiger partial charge in [0.15, 0.2) is 0 Å². The molecule has 1 aromatic carbocycles. The lowest BCUT2D eigenvalue weighted by Crippen LogP contribution is -2.25. The van der Waals surface area contributed by atoms with E-state index in [0.29, 0.717) is 9.90 Å². The molecule has 5 heteroatoms. The number of hydrogen-bond donors (Lipinski definition) is 2. The third kappa shape index (κ3) is 2.04. The first-order chi connectivity index (χ1) is 7.74. The zero-order valence-electron chi connectivity index (χ0n) is 8.37. The molecule has 0 aliphatic heterocycles. The summed E-state index contributed by atoms with van der Waals surface area (Å²) in [6, 6.07) is 7.60. The molecule has 84 valence electrons. The summed E-state index contributed by atoms with van der Waals surface area (Å²) in [5, 5.41) is 12.6. The van der Waals surface area contributed by atoms with E-state index in [0.717, 1.165) is 10.1 Å². The number of carbonyl (C=O) groups excluding carboxylic acids is 1. The molecule has 2 rings (SSSR count). The summed E-state index contributed by atoms with van der Waals surface area (Å²) in [6.07, 6.45) is 0. The zero-order valence-corrected chi connectivity index (χ0v) is 9.94. The van der Waals surface area contributed by atoms with E-state index >= 15 is 0 Å². The van der Waals surface area contributed by atoms with Crippen molar-refractivity contribution >= 4 is 38.9 Å². The molecule has 0 fully saturated rings. The van der Waals surface area contributed by atoms with Crippen LogP contribution in [-0.2, 0) is 0 Å². The number of fused-ring (bicyclic) bond motifs is 1. The van der Waals surface area contributed by atoms with Crippen LogP contribution in [0.3, 0.4) is 0 Å². The molecule has 0 atom stereocenters. The first-order valence-electron chi connectivity index (χ1n) is 4.80. The SMILES string of the molecule is O=C(NCCO)c1sc2ccccc2c1Cl. The number of carbonyl (C=O) groups is 1. The lowest BCUT2D eigenvalue weighted by Gasteiger charge is -2.00. The molecule has 0 saturated carbocycles. The monoisotopic (exact) mass is 255 g/mol. The van der Waals surface area contributed by atoms with Crippen molar-refractivity contribution in [3.63, 3.8) is 0 Å². The van der Waals surface area contributed by atoms with Crippen LogP contribution in [0.5, 0.6) is 0 Å². The van der Waals surface area contributed by atoms with Crippen LogP contribution in [-0.4, -0.2) is 24.2 Å². The smallest absolute Gasteiger partial charge is 0.263 e. The van der Waals surface area contributed by atoms with Gasteiger partial charge in [-0.05, 0) is 6.07 Å². The van der Waals surface area contributed by atoms with E-state index in [1.165, 1.54) is 11.3 Å². The highest BCUT2D eigenvalue weighted by molar-refractivity contribution is 7.21. The highest BCUT2D eigenvalue weighted by Gasteiger charge is 2.15. The maximum atomic E-state index is 11.7. The van der Waals surface area contributed by atoms with E-state index in [9.17, 15) is 4.79 Å². The molecule has 3 nitrogen and oxygen atoms in total. The summed E-state index contributed by atoms with van der Waals surface area (Å²) >= 11 is 7.47. The second kappa shape index (κ2) is 4.82. The molecule has 1 heterocycles. The van der Waals surface area contributed by atoms with Gasteiger partial charge in [0, 0.05) is 16.6 Å². The van der Waals surface area contributed by atoms with Crippen LogP contribution >= 0.6 is 22.9 Å². The number of nitrogens with one attached hydrogen (secondary N) is 1. The third-order valence-electron chi connectivity index (χ3n) is 2.14. The molecule has 0 aliphatic rings. The molecule has 0 aliphatic carbocycles. The van der Waals surface area contributed by atoms with Crippen molar-refractivity contribution in [3.05, 3.63) is 34.2 Å². The van der Waals surface area contributed by atoms with E-state index in [1.807, 2.05) is 24.3 Å². The molecule has 0 radical (unpaired) electrons. The van der Waals surface area contributed by atoms with Crippen molar-refractivity contribution in [2.45, 2.75) is 0 Å². The molecule has 1 amide bonds. The Labute approximate surface area is 102 Å². The Hall–Kier alpha value is -1.10. The van der Waals surface area contributed by atoms with Crippen molar-refractivity contribution in [1.82, 2.24) is 5.32 Å². The Bertz CT molecular complexity index is 524. The van der Waals surface area contributed by atoms with Crippen LogP contribution in [0.25, 0.3) is 10.1 Å². The molecule has 0 saturated heterocycles. The lowest BCUT2D eigenvalue weighted by molar-refractivity contribution is 0.0949. The van der Waals surface area contributed by atoms with Gasteiger partial charge < -0.3 is 10.4 Å². The van der Waals surface area contributed by atoms with Crippen molar-refractivity contribution < 1.29 is 9.90 Å². The second-order valence-electron chi connectivity index (χ2n) is 3.22. The fraction of sp³-hybridized carbons (Fsp3) is 0.182. The zero-order chi connectivity index (χ0) is 11.5. The molecule has 2 aromatic rings. The van der Waals surface area contributed by atoms with Crippen LogP contribution in [0.4, 0.5) is 0 Å². The summed E-state index contributed by atoms with van der Waals surface area (Å²) in [7, 11) is 0. The maximum Gasteiger partial charge on any atom is 0.263 e. The van der Waals surface area contributed by atoms with Gasteiger partial charge in [-0.1, -0.05) is 29.8 Å². The van der Waals surface area contributed by atoms with Gasteiger partial charge in [0.05, 0.1) is 11.6 Å². The summed E-state index contributed by atoms with van der Waals surface area (Å²) in [6.45, 7) is 0.164. The number of thiophene rings is 1. The molecular weight excluding hydrogens is 246 g/mol. The number of aliphatic hydroxyl groups excluding tert-OH is 1. The Morgan fingerprint density at radius 2 is 2.19 bits per heavy atom. The van der Waals surface area contributed by atoms with Crippen molar-refractivity contribution in [2.24, 2.45) is 0 Å². The number of halogens is 1. The fourth-order valence-corrected chi connectivity index (χ4v) is 2.84. The second-order valence-corrected chi connectivity index (χ2v) is 4.65. The standard InChI is InChI=1S/C11H10ClNO2S/c12-9-7-3-1-2-4-8(7)16-10(9)11(15)13-5-6-14/h1-4,14H,5-6H2,(H,13,15). The van der Waals surface area contributed by atoms with Crippen LogP contribution in [0.1, 0.15) is 9.67 Å². The van der Waals surface area contributed by atoms with E-state index < -0.39 is 0 Å². The van der Waals surface area contributed by atoms with Crippen LogP contribution in [0, 0.1) is 0 Å². The van der Waals surface area contributed by atoms with Crippen LogP contribution in [0.15, 0.2) is 24.3 Å². The average Bonchev–Trinajstić information content (AvgIpc) is 2.64. The first-order valence-corrected chi connectivity index (χ1v) is 5.99. The van der Waals surface area contributed by atoms with Crippen molar-refractivity contribution in [1.29, 1.82) is 0 Å². The molecule has 0 spiro atoms. The van der Waals surface area contributed by atoms with Gasteiger partial charge in [-0.2, -0.15) is 0 Å². The Morgan fingerprint density at radius 3 is 2.88 bits per heavy atom. The predicted octanol–water partition coefficient (Wildman–Crippen LogP) is 2.28. The summed E-state index contributed by atoms with van der Waals surface area (Å²) < 4.78 is 0.988. The quantitative estimate of drug-likeness (QED) is 0.884. The van der Waals surface area contributed by atoms with E-state index in [-0.39, 0.29) is 19.1 Å². The van der Waals surface area contributed by atoms with Crippen molar-refractivity contribution in [2.75, 3.05) is 13.2 Å². The lowest BCUT2D eigenvalue weighted by atomic mass is 10.2. The minimum atomic E-state index is -0.236. The number of rotatable bonds is 3. The van der Waals surface area contributed by atoms with Gasteiger partial charge >= 0.3 is 0 Å². The molecule has 1 aromatic heterocycles. The number of aliphatic hydroxyl groups is 1. The average molecular weight is 256 g/mol. The number of amides is 1. The minimum Gasteiger partial charge on any atom is -0.395 e. The topological polar surface area (TPSA) is 49.3 Å². The number of hydrogen-bond acceptors (Lipinski definition) is 3. The molecule has 0 unspecified atom stereocenters. The molecule has 2 N–H and O–H groups in total. The van der Waals surface area contributed by atoms with E-state index in [4.69, 9.17) is 16.7 Å².